The van der Waals surface area contributed by atoms with Crippen LogP contribution in [0.1, 0.15) is 38.6 Å². The molecule has 4 N–H and O–H groups in total. The van der Waals surface area contributed by atoms with E-state index in [0.29, 0.717) is 23.7 Å². The number of halogens is 1. The molecule has 0 saturated carbocycles. The maximum absolute atomic E-state index is 12.5. The summed E-state index contributed by atoms with van der Waals surface area (Å²) in [6.45, 7) is 9.51. The van der Waals surface area contributed by atoms with Gasteiger partial charge in [0, 0.05) is 12.1 Å². The summed E-state index contributed by atoms with van der Waals surface area (Å²) in [4.78, 5) is 0.218. The summed E-state index contributed by atoms with van der Waals surface area (Å²) in [5.74, 6) is 0.350. The van der Waals surface area contributed by atoms with Gasteiger partial charge in [-0.25, -0.2) is 13.1 Å². The van der Waals surface area contributed by atoms with E-state index >= 15 is 0 Å². The lowest BCUT2D eigenvalue weighted by Crippen LogP contribution is -2.52. The van der Waals surface area contributed by atoms with Crippen molar-refractivity contribution in [3.63, 3.8) is 0 Å². The monoisotopic (exact) mass is 324 g/mol. The van der Waals surface area contributed by atoms with E-state index in [2.05, 4.69) is 14.9 Å². The Labute approximate surface area is 127 Å². The molecule has 1 aromatic rings. The second kappa shape index (κ2) is 6.89. The number of nitrogens with two attached hydrogens (primary N) is 1. The van der Waals surface area contributed by atoms with Crippen LogP contribution in [0.5, 0.6) is 0 Å². The zero-order chi connectivity index (χ0) is 14.8. The Morgan fingerprint density at radius 1 is 1.40 bits per heavy atom. The number of aromatic nitrogens is 2. The van der Waals surface area contributed by atoms with Crippen molar-refractivity contribution in [1.82, 2.24) is 14.9 Å². The van der Waals surface area contributed by atoms with E-state index in [4.69, 9.17) is 5.73 Å². The molecule has 0 spiro atoms. The number of aromatic amines is 1. The summed E-state index contributed by atoms with van der Waals surface area (Å²) in [7, 11) is -3.62. The highest BCUT2D eigenvalue weighted by molar-refractivity contribution is 7.89. The average molecular weight is 325 g/mol. The molecule has 0 aliphatic rings. The Hall–Kier alpha value is -0.630. The van der Waals surface area contributed by atoms with Gasteiger partial charge in [0.05, 0.1) is 11.4 Å². The topological polar surface area (TPSA) is 101 Å². The van der Waals surface area contributed by atoms with E-state index in [9.17, 15) is 8.42 Å². The van der Waals surface area contributed by atoms with Crippen molar-refractivity contribution in [2.24, 2.45) is 11.7 Å². The van der Waals surface area contributed by atoms with E-state index in [1.54, 1.807) is 13.8 Å². The van der Waals surface area contributed by atoms with Crippen molar-refractivity contribution in [3.05, 3.63) is 11.4 Å². The van der Waals surface area contributed by atoms with E-state index in [-0.39, 0.29) is 23.8 Å². The van der Waals surface area contributed by atoms with Crippen molar-refractivity contribution >= 4 is 22.4 Å². The lowest BCUT2D eigenvalue weighted by Gasteiger charge is -2.30. The molecule has 0 aliphatic heterocycles. The van der Waals surface area contributed by atoms with Gasteiger partial charge in [-0.15, -0.1) is 12.4 Å². The van der Waals surface area contributed by atoms with Crippen LogP contribution in [0, 0.1) is 19.8 Å². The second-order valence-electron chi connectivity index (χ2n) is 5.73. The lowest BCUT2D eigenvalue weighted by molar-refractivity contribution is 0.344. The molecule has 0 fully saturated rings. The summed E-state index contributed by atoms with van der Waals surface area (Å²) >= 11 is 0. The molecule has 1 atom stereocenters. The van der Waals surface area contributed by atoms with Gasteiger partial charge in [-0.05, 0) is 33.1 Å². The molecule has 1 heterocycles. The molecule has 0 aromatic carbocycles. The highest BCUT2D eigenvalue weighted by Gasteiger charge is 2.32. The van der Waals surface area contributed by atoms with Crippen LogP contribution in [0.15, 0.2) is 4.90 Å². The summed E-state index contributed by atoms with van der Waals surface area (Å²) in [6, 6.07) is 0. The Balaban J connectivity index is 0.00000361. The third-order valence-electron chi connectivity index (χ3n) is 3.02. The van der Waals surface area contributed by atoms with E-state index in [1.807, 2.05) is 20.8 Å². The fourth-order valence-corrected chi connectivity index (χ4v) is 4.18. The van der Waals surface area contributed by atoms with E-state index in [0.717, 1.165) is 0 Å². The predicted molar refractivity (Wildman–Crippen MR) is 82.5 cm³/mol. The van der Waals surface area contributed by atoms with Gasteiger partial charge >= 0.3 is 0 Å². The Morgan fingerprint density at radius 3 is 2.30 bits per heavy atom. The number of sulfonamides is 1. The van der Waals surface area contributed by atoms with Gasteiger partial charge in [-0.1, -0.05) is 13.8 Å². The van der Waals surface area contributed by atoms with Gasteiger partial charge in [0.2, 0.25) is 10.0 Å². The molecule has 1 aromatic heterocycles. The summed E-state index contributed by atoms with van der Waals surface area (Å²) in [6.07, 6.45) is 0.679. The number of hydrogen-bond acceptors (Lipinski definition) is 4. The lowest BCUT2D eigenvalue weighted by atomic mass is 9.92. The van der Waals surface area contributed by atoms with Gasteiger partial charge in [-0.2, -0.15) is 5.10 Å². The minimum Gasteiger partial charge on any atom is -0.329 e. The van der Waals surface area contributed by atoms with Gasteiger partial charge in [0.25, 0.3) is 0 Å². The van der Waals surface area contributed by atoms with E-state index in [1.165, 1.54) is 0 Å². The molecule has 118 valence electrons. The minimum absolute atomic E-state index is 0. The van der Waals surface area contributed by atoms with E-state index < -0.39 is 15.6 Å². The van der Waals surface area contributed by atoms with Crippen LogP contribution in [-0.2, 0) is 10.0 Å². The van der Waals surface area contributed by atoms with Crippen molar-refractivity contribution < 1.29 is 8.42 Å². The number of nitrogens with zero attached hydrogens (tertiary/aromatic N) is 1. The first-order valence-electron chi connectivity index (χ1n) is 6.37. The first kappa shape index (κ1) is 19.4. The SMILES string of the molecule is Cc1n[nH]c(C)c1S(=O)(=O)NC(C)(CN)CC(C)C.Cl. The van der Waals surface area contributed by atoms with Crippen LogP contribution in [-0.4, -0.2) is 30.7 Å². The fraction of sp³-hybridized carbons (Fsp3) is 0.750. The number of H-pyrrole nitrogens is 1. The number of rotatable bonds is 6. The molecule has 1 rings (SSSR count). The van der Waals surface area contributed by atoms with Gasteiger partial charge in [-0.3, -0.25) is 5.10 Å². The Kier molecular flexibility index (Phi) is 6.67. The molecular formula is C12H25ClN4O2S. The fourth-order valence-electron chi connectivity index (χ4n) is 2.38. The average Bonchev–Trinajstić information content (AvgIpc) is 2.56. The Morgan fingerprint density at radius 2 is 1.95 bits per heavy atom. The van der Waals surface area contributed by atoms with Crippen molar-refractivity contribution in [2.45, 2.75) is 51.5 Å². The quantitative estimate of drug-likeness (QED) is 0.738. The molecule has 0 saturated heterocycles. The van der Waals surface area contributed by atoms with Gasteiger partial charge in [0.15, 0.2) is 0 Å². The molecule has 0 amide bonds. The molecule has 0 aliphatic carbocycles. The number of aryl methyl sites for hydroxylation is 2. The predicted octanol–water partition coefficient (Wildman–Crippen LogP) is 1.49. The molecular weight excluding hydrogens is 300 g/mol. The van der Waals surface area contributed by atoms with Crippen LogP contribution < -0.4 is 10.5 Å². The first-order valence-corrected chi connectivity index (χ1v) is 7.85. The van der Waals surface area contributed by atoms with Gasteiger partial charge in [0.1, 0.15) is 4.90 Å². The summed E-state index contributed by atoms with van der Waals surface area (Å²) in [5, 5.41) is 6.61. The van der Waals surface area contributed by atoms with Gasteiger partial charge < -0.3 is 5.73 Å². The first-order chi connectivity index (χ1) is 8.61. The van der Waals surface area contributed by atoms with Crippen molar-refractivity contribution in [2.75, 3.05) is 6.54 Å². The maximum atomic E-state index is 12.5. The highest BCUT2D eigenvalue weighted by atomic mass is 35.5. The Bertz CT molecular complexity index is 522. The molecule has 6 nitrogen and oxygen atoms in total. The normalized spacial score (nSPS) is 14.9. The number of nitrogens with one attached hydrogen (secondary N) is 2. The van der Waals surface area contributed by atoms with Crippen LogP contribution >= 0.6 is 12.4 Å². The molecule has 8 heteroatoms. The van der Waals surface area contributed by atoms with Crippen LogP contribution in [0.3, 0.4) is 0 Å². The highest BCUT2D eigenvalue weighted by Crippen LogP contribution is 2.22. The molecule has 0 bridgehead atoms. The zero-order valence-electron chi connectivity index (χ0n) is 12.6. The van der Waals surface area contributed by atoms with Crippen LogP contribution in [0.2, 0.25) is 0 Å². The van der Waals surface area contributed by atoms with Crippen molar-refractivity contribution in [1.29, 1.82) is 0 Å². The zero-order valence-corrected chi connectivity index (χ0v) is 14.3. The molecule has 1 unspecified atom stereocenters. The third-order valence-corrected chi connectivity index (χ3v) is 4.92. The minimum atomic E-state index is -3.62. The van der Waals surface area contributed by atoms with Crippen LogP contribution in [0.4, 0.5) is 0 Å². The largest absolute Gasteiger partial charge is 0.329 e. The standard InChI is InChI=1S/C12H24N4O2S.ClH/c1-8(2)6-12(5,7-13)16-19(17,18)11-9(3)14-15-10(11)4;/h8,16H,6-7,13H2,1-5H3,(H,14,15);1H. The number of hydrogen-bond donors (Lipinski definition) is 3. The molecule has 0 radical (unpaired) electrons. The maximum Gasteiger partial charge on any atom is 0.244 e. The van der Waals surface area contributed by atoms with Crippen molar-refractivity contribution in [3.8, 4) is 0 Å². The summed E-state index contributed by atoms with van der Waals surface area (Å²) in [5.41, 5.74) is 6.09. The summed E-state index contributed by atoms with van der Waals surface area (Å²) < 4.78 is 27.7. The van der Waals surface area contributed by atoms with Crippen LogP contribution in [0.25, 0.3) is 0 Å². The smallest absolute Gasteiger partial charge is 0.244 e. The third kappa shape index (κ3) is 4.44. The molecule has 20 heavy (non-hydrogen) atoms. The second-order valence-corrected chi connectivity index (χ2v) is 7.35.